The summed E-state index contributed by atoms with van der Waals surface area (Å²) in [6.45, 7) is 6.33. The normalized spacial score (nSPS) is 19.8. The van der Waals surface area contributed by atoms with E-state index in [1.54, 1.807) is 0 Å². The maximum absolute atomic E-state index is 4.37. The molecule has 1 aromatic rings. The molecule has 0 spiro atoms. The molecule has 1 aliphatic heterocycles. The summed E-state index contributed by atoms with van der Waals surface area (Å²) in [6.07, 6.45) is 6.57. The third-order valence-electron chi connectivity index (χ3n) is 4.83. The van der Waals surface area contributed by atoms with Crippen molar-refractivity contribution in [1.82, 2.24) is 30.2 Å². The summed E-state index contributed by atoms with van der Waals surface area (Å²) in [5, 5.41) is 11.2. The molecule has 0 aromatic carbocycles. The first-order chi connectivity index (χ1) is 11.5. The number of rotatable bonds is 7. The number of aliphatic imine (C=N–C) groups is 1. The van der Waals surface area contributed by atoms with Crippen LogP contribution >= 0.6 is 24.0 Å². The Labute approximate surface area is 169 Å². The highest BCUT2D eigenvalue weighted by Gasteiger charge is 2.23. The van der Waals surface area contributed by atoms with Gasteiger partial charge in [0.25, 0.3) is 0 Å². The number of aryl methyl sites for hydroxylation is 1. The molecule has 0 saturated carbocycles. The van der Waals surface area contributed by atoms with Crippen LogP contribution in [0.2, 0.25) is 0 Å². The highest BCUT2D eigenvalue weighted by atomic mass is 127. The van der Waals surface area contributed by atoms with Crippen molar-refractivity contribution >= 4 is 29.9 Å². The van der Waals surface area contributed by atoms with Gasteiger partial charge in [-0.05, 0) is 40.0 Å². The topological polar surface area (TPSA) is 60.7 Å². The van der Waals surface area contributed by atoms with Crippen molar-refractivity contribution in [3.63, 3.8) is 0 Å². The number of likely N-dealkylation sites (tertiary alicyclic amines) is 1. The maximum Gasteiger partial charge on any atom is 0.191 e. The molecule has 25 heavy (non-hydrogen) atoms. The van der Waals surface area contributed by atoms with E-state index < -0.39 is 0 Å². The summed E-state index contributed by atoms with van der Waals surface area (Å²) in [6, 6.07) is 0.882. The Bertz CT molecular complexity index is 529. The van der Waals surface area contributed by atoms with E-state index in [2.05, 4.69) is 57.7 Å². The Morgan fingerprint density at radius 3 is 2.76 bits per heavy atom. The van der Waals surface area contributed by atoms with Crippen LogP contribution in [0.25, 0.3) is 0 Å². The molecule has 1 aromatic heterocycles. The average molecular weight is 463 g/mol. The summed E-state index contributed by atoms with van der Waals surface area (Å²) in [5.74, 6) is 0.869. The fraction of sp³-hybridized carbons (Fsp3) is 0.765. The Morgan fingerprint density at radius 1 is 1.44 bits per heavy atom. The number of hydrogen-bond acceptors (Lipinski definition) is 4. The Morgan fingerprint density at radius 2 is 2.20 bits per heavy atom. The average Bonchev–Trinajstić information content (AvgIpc) is 3.18. The van der Waals surface area contributed by atoms with Gasteiger partial charge in [0, 0.05) is 45.0 Å². The van der Waals surface area contributed by atoms with E-state index in [4.69, 9.17) is 0 Å². The van der Waals surface area contributed by atoms with E-state index in [0.717, 1.165) is 25.6 Å². The van der Waals surface area contributed by atoms with E-state index in [1.807, 2.05) is 25.0 Å². The fourth-order valence-corrected chi connectivity index (χ4v) is 3.38. The van der Waals surface area contributed by atoms with E-state index in [1.165, 1.54) is 24.9 Å². The molecule has 2 N–H and O–H groups in total. The van der Waals surface area contributed by atoms with Gasteiger partial charge in [0.15, 0.2) is 5.96 Å². The number of halogens is 1. The summed E-state index contributed by atoms with van der Waals surface area (Å²) < 4.78 is 1.85. The summed E-state index contributed by atoms with van der Waals surface area (Å²) in [7, 11) is 7.96. The third-order valence-corrected chi connectivity index (χ3v) is 4.83. The molecule has 1 fully saturated rings. The fourth-order valence-electron chi connectivity index (χ4n) is 3.38. The largest absolute Gasteiger partial charge is 0.355 e. The predicted molar refractivity (Wildman–Crippen MR) is 115 cm³/mol. The van der Waals surface area contributed by atoms with Gasteiger partial charge in [-0.3, -0.25) is 14.6 Å². The quantitative estimate of drug-likeness (QED) is 0.363. The number of likely N-dealkylation sites (N-methyl/N-ethyl adjacent to an activating group) is 2. The minimum atomic E-state index is 0. The molecule has 0 aliphatic carbocycles. The van der Waals surface area contributed by atoms with Crippen LogP contribution in [0.3, 0.4) is 0 Å². The first kappa shape index (κ1) is 22.2. The lowest BCUT2D eigenvalue weighted by atomic mass is 10.1. The zero-order valence-electron chi connectivity index (χ0n) is 16.2. The Balaban J connectivity index is 0.00000312. The molecule has 1 aliphatic rings. The van der Waals surface area contributed by atoms with Gasteiger partial charge in [0.2, 0.25) is 0 Å². The standard InChI is InChI=1S/C17H33N7.HI/c1-6-24-9-7-8-15(24)11-19-17(18-2)20-12-16(22(3)4)14-10-21-23(5)13-14;/h10,13,15-16H,6-9,11-12H2,1-5H3,(H2,18,19,20);1H. The van der Waals surface area contributed by atoms with E-state index in [9.17, 15) is 0 Å². The molecule has 7 nitrogen and oxygen atoms in total. The molecule has 8 heteroatoms. The van der Waals surface area contributed by atoms with Crippen LogP contribution < -0.4 is 10.6 Å². The first-order valence-electron chi connectivity index (χ1n) is 8.88. The van der Waals surface area contributed by atoms with Gasteiger partial charge < -0.3 is 15.5 Å². The summed E-state index contributed by atoms with van der Waals surface area (Å²) in [4.78, 5) is 9.11. The van der Waals surface area contributed by atoms with Crippen molar-refractivity contribution in [2.75, 3.05) is 47.3 Å². The molecule has 0 amide bonds. The highest BCUT2D eigenvalue weighted by Crippen LogP contribution is 2.17. The van der Waals surface area contributed by atoms with Crippen LogP contribution in [0.15, 0.2) is 17.4 Å². The number of hydrogen-bond donors (Lipinski definition) is 2. The SMILES string of the molecule is CCN1CCCC1CNC(=NC)NCC(c1cnn(C)c1)N(C)C.I. The van der Waals surface area contributed by atoms with Gasteiger partial charge in [-0.2, -0.15) is 5.10 Å². The van der Waals surface area contributed by atoms with Crippen LogP contribution in [-0.2, 0) is 7.05 Å². The lowest BCUT2D eigenvalue weighted by Crippen LogP contribution is -2.46. The molecule has 2 unspecified atom stereocenters. The molecule has 2 rings (SSSR count). The second kappa shape index (κ2) is 11.0. The van der Waals surface area contributed by atoms with Crippen molar-refractivity contribution in [3.8, 4) is 0 Å². The van der Waals surface area contributed by atoms with Crippen LogP contribution in [0.5, 0.6) is 0 Å². The van der Waals surface area contributed by atoms with E-state index in [0.29, 0.717) is 6.04 Å². The molecule has 2 heterocycles. The van der Waals surface area contributed by atoms with E-state index >= 15 is 0 Å². The second-order valence-electron chi connectivity index (χ2n) is 6.69. The number of guanidine groups is 1. The zero-order valence-corrected chi connectivity index (χ0v) is 18.5. The van der Waals surface area contributed by atoms with Crippen LogP contribution in [-0.4, -0.2) is 78.9 Å². The van der Waals surface area contributed by atoms with Gasteiger partial charge in [-0.15, -0.1) is 24.0 Å². The van der Waals surface area contributed by atoms with Crippen LogP contribution in [0.4, 0.5) is 0 Å². The molecule has 144 valence electrons. The molecule has 1 saturated heterocycles. The van der Waals surface area contributed by atoms with Gasteiger partial charge in [0.05, 0.1) is 12.2 Å². The second-order valence-corrected chi connectivity index (χ2v) is 6.69. The van der Waals surface area contributed by atoms with Gasteiger partial charge in [0.1, 0.15) is 0 Å². The molecule has 2 atom stereocenters. The Hall–Kier alpha value is -0.870. The highest BCUT2D eigenvalue weighted by molar-refractivity contribution is 14.0. The summed E-state index contributed by atoms with van der Waals surface area (Å²) >= 11 is 0. The van der Waals surface area contributed by atoms with E-state index in [-0.39, 0.29) is 30.0 Å². The van der Waals surface area contributed by atoms with Crippen LogP contribution in [0, 0.1) is 0 Å². The zero-order chi connectivity index (χ0) is 17.5. The predicted octanol–water partition coefficient (Wildman–Crippen LogP) is 1.29. The lowest BCUT2D eigenvalue weighted by Gasteiger charge is -2.26. The van der Waals surface area contributed by atoms with Crippen molar-refractivity contribution in [2.45, 2.75) is 31.8 Å². The number of nitrogens with one attached hydrogen (secondary N) is 2. The van der Waals surface area contributed by atoms with Crippen LogP contribution in [0.1, 0.15) is 31.4 Å². The number of nitrogens with zero attached hydrogens (tertiary/aromatic N) is 5. The smallest absolute Gasteiger partial charge is 0.191 e. The van der Waals surface area contributed by atoms with Gasteiger partial charge >= 0.3 is 0 Å². The van der Waals surface area contributed by atoms with Crippen molar-refractivity contribution < 1.29 is 0 Å². The maximum atomic E-state index is 4.37. The van der Waals surface area contributed by atoms with Crippen molar-refractivity contribution in [3.05, 3.63) is 18.0 Å². The summed E-state index contributed by atoms with van der Waals surface area (Å²) in [5.41, 5.74) is 1.21. The monoisotopic (exact) mass is 463 g/mol. The minimum absolute atomic E-state index is 0. The van der Waals surface area contributed by atoms with Gasteiger partial charge in [-0.1, -0.05) is 6.92 Å². The lowest BCUT2D eigenvalue weighted by molar-refractivity contribution is 0.266. The third kappa shape index (κ3) is 6.41. The molecular formula is C17H34IN7. The molecule has 0 radical (unpaired) electrons. The molecular weight excluding hydrogens is 429 g/mol. The number of aromatic nitrogens is 2. The molecule has 0 bridgehead atoms. The Kier molecular flexibility index (Phi) is 9.73. The van der Waals surface area contributed by atoms with Crippen molar-refractivity contribution in [1.29, 1.82) is 0 Å². The van der Waals surface area contributed by atoms with Crippen molar-refractivity contribution in [2.24, 2.45) is 12.0 Å². The first-order valence-corrected chi connectivity index (χ1v) is 8.88. The minimum Gasteiger partial charge on any atom is -0.355 e. The van der Waals surface area contributed by atoms with Gasteiger partial charge in [-0.25, -0.2) is 0 Å².